The van der Waals surface area contributed by atoms with Crippen LogP contribution in [0, 0.1) is 5.92 Å². The molecule has 0 heterocycles. The van der Waals surface area contributed by atoms with Crippen molar-refractivity contribution < 1.29 is 0 Å². The van der Waals surface area contributed by atoms with Crippen molar-refractivity contribution in [3.8, 4) is 0 Å². The molecule has 0 aliphatic heterocycles. The minimum absolute atomic E-state index is 0.636. The lowest BCUT2D eigenvalue weighted by atomic mass is 10.2. The third-order valence-corrected chi connectivity index (χ3v) is 4.55. The van der Waals surface area contributed by atoms with E-state index < -0.39 is 0 Å². The van der Waals surface area contributed by atoms with E-state index in [1.807, 2.05) is 36.4 Å². The maximum atomic E-state index is 6.13. The zero-order valence-electron chi connectivity index (χ0n) is 12.2. The van der Waals surface area contributed by atoms with Crippen molar-refractivity contribution in [2.24, 2.45) is 5.92 Å². The van der Waals surface area contributed by atoms with Crippen LogP contribution < -0.4 is 5.32 Å². The molecule has 2 rings (SSSR count). The highest BCUT2D eigenvalue weighted by Crippen LogP contribution is 2.32. The van der Waals surface area contributed by atoms with Crippen LogP contribution in [0.5, 0.6) is 0 Å². The molecule has 0 bridgehead atoms. The van der Waals surface area contributed by atoms with E-state index >= 15 is 0 Å². The van der Waals surface area contributed by atoms with Gasteiger partial charge in [-0.25, -0.2) is 0 Å². The fourth-order valence-corrected chi connectivity index (χ4v) is 3.16. The molecule has 4 heteroatoms. The molecule has 2 aromatic carbocycles. The van der Waals surface area contributed by atoms with Crippen molar-refractivity contribution in [1.29, 1.82) is 0 Å². The molecule has 0 fully saturated rings. The fraction of sp³-hybridized carbons (Fsp3) is 0.294. The molecule has 0 radical (unpaired) electrons. The monoisotopic (exact) mass is 339 g/mol. The Morgan fingerprint density at radius 1 is 1.00 bits per heavy atom. The van der Waals surface area contributed by atoms with Gasteiger partial charge >= 0.3 is 0 Å². The molecule has 1 nitrogen and oxygen atoms in total. The van der Waals surface area contributed by atoms with Crippen molar-refractivity contribution in [2.45, 2.75) is 30.2 Å². The standard InChI is InChI=1S/C17H19Cl2NS/c1-12(2)10-20-11-13-9-15(19)5-8-17(13)21-16-6-3-14(18)4-7-16/h3-9,12,20H,10-11H2,1-2H3. The Bertz CT molecular complexity index is 582. The molecule has 0 aromatic heterocycles. The number of hydrogen-bond acceptors (Lipinski definition) is 2. The van der Waals surface area contributed by atoms with E-state index in [0.29, 0.717) is 5.92 Å². The van der Waals surface area contributed by atoms with Gasteiger partial charge < -0.3 is 5.32 Å². The molecule has 21 heavy (non-hydrogen) atoms. The summed E-state index contributed by atoms with van der Waals surface area (Å²) in [6.07, 6.45) is 0. The number of halogens is 2. The average molecular weight is 340 g/mol. The van der Waals surface area contributed by atoms with Gasteiger partial charge in [-0.05, 0) is 60.5 Å². The second-order valence-electron chi connectivity index (χ2n) is 5.33. The first-order valence-electron chi connectivity index (χ1n) is 6.97. The molecule has 0 spiro atoms. The van der Waals surface area contributed by atoms with Crippen LogP contribution in [0.25, 0.3) is 0 Å². The van der Waals surface area contributed by atoms with Crippen molar-refractivity contribution in [2.75, 3.05) is 6.54 Å². The lowest BCUT2D eigenvalue weighted by Gasteiger charge is -2.12. The quantitative estimate of drug-likeness (QED) is 0.704. The highest BCUT2D eigenvalue weighted by molar-refractivity contribution is 7.99. The zero-order chi connectivity index (χ0) is 15.2. The van der Waals surface area contributed by atoms with E-state index in [4.69, 9.17) is 23.2 Å². The Balaban J connectivity index is 2.12. The number of hydrogen-bond donors (Lipinski definition) is 1. The first kappa shape index (κ1) is 16.7. The summed E-state index contributed by atoms with van der Waals surface area (Å²) >= 11 is 13.8. The minimum Gasteiger partial charge on any atom is -0.312 e. The van der Waals surface area contributed by atoms with Crippen LogP contribution in [-0.4, -0.2) is 6.54 Å². The summed E-state index contributed by atoms with van der Waals surface area (Å²) in [5.74, 6) is 0.636. The largest absolute Gasteiger partial charge is 0.312 e. The first-order chi connectivity index (χ1) is 10.0. The molecule has 0 unspecified atom stereocenters. The second kappa shape index (κ2) is 8.09. The Hall–Kier alpha value is -0.670. The van der Waals surface area contributed by atoms with Gasteiger partial charge in [0.25, 0.3) is 0 Å². The highest BCUT2D eigenvalue weighted by Gasteiger charge is 2.06. The van der Waals surface area contributed by atoms with Crippen LogP contribution >= 0.6 is 35.0 Å². The van der Waals surface area contributed by atoms with E-state index in [1.165, 1.54) is 15.4 Å². The van der Waals surface area contributed by atoms with Gasteiger partial charge in [0.15, 0.2) is 0 Å². The molecule has 2 aromatic rings. The van der Waals surface area contributed by atoms with Crippen molar-refractivity contribution in [1.82, 2.24) is 5.32 Å². The third-order valence-electron chi connectivity index (χ3n) is 2.93. The summed E-state index contributed by atoms with van der Waals surface area (Å²) in [7, 11) is 0. The molecule has 0 amide bonds. The normalized spacial score (nSPS) is 11.1. The molecule has 1 N–H and O–H groups in total. The Kier molecular flexibility index (Phi) is 6.43. The van der Waals surface area contributed by atoms with Gasteiger partial charge in [-0.15, -0.1) is 0 Å². The molecule has 0 atom stereocenters. The average Bonchev–Trinajstić information content (AvgIpc) is 2.43. The van der Waals surface area contributed by atoms with E-state index in [2.05, 4.69) is 25.2 Å². The smallest absolute Gasteiger partial charge is 0.0410 e. The highest BCUT2D eigenvalue weighted by atomic mass is 35.5. The van der Waals surface area contributed by atoms with Crippen LogP contribution in [-0.2, 0) is 6.54 Å². The van der Waals surface area contributed by atoms with E-state index in [9.17, 15) is 0 Å². The summed E-state index contributed by atoms with van der Waals surface area (Å²) in [6.45, 7) is 6.23. The van der Waals surface area contributed by atoms with Gasteiger partial charge in [-0.2, -0.15) is 0 Å². The second-order valence-corrected chi connectivity index (χ2v) is 7.32. The third kappa shape index (κ3) is 5.55. The van der Waals surface area contributed by atoms with Gasteiger partial charge in [-0.3, -0.25) is 0 Å². The number of nitrogens with one attached hydrogen (secondary N) is 1. The van der Waals surface area contributed by atoms with Gasteiger partial charge in [0.1, 0.15) is 0 Å². The van der Waals surface area contributed by atoms with Crippen LogP contribution in [0.4, 0.5) is 0 Å². The Labute approximate surface area is 141 Å². The van der Waals surface area contributed by atoms with Crippen LogP contribution in [0.1, 0.15) is 19.4 Å². The summed E-state index contributed by atoms with van der Waals surface area (Å²) in [4.78, 5) is 2.39. The van der Waals surface area contributed by atoms with Crippen molar-refractivity contribution in [3.05, 3.63) is 58.1 Å². The SMILES string of the molecule is CC(C)CNCc1cc(Cl)ccc1Sc1ccc(Cl)cc1. The molecule has 0 aliphatic rings. The summed E-state index contributed by atoms with van der Waals surface area (Å²) in [5.41, 5.74) is 1.23. The molecule has 0 saturated carbocycles. The predicted octanol–water partition coefficient (Wildman–Crippen LogP) is 5.89. The molecule has 0 saturated heterocycles. The Morgan fingerprint density at radius 2 is 1.67 bits per heavy atom. The lowest BCUT2D eigenvalue weighted by Crippen LogP contribution is -2.19. The lowest BCUT2D eigenvalue weighted by molar-refractivity contribution is 0.550. The molecular weight excluding hydrogens is 321 g/mol. The maximum Gasteiger partial charge on any atom is 0.0410 e. The van der Waals surface area contributed by atoms with Gasteiger partial charge in [0, 0.05) is 26.4 Å². The van der Waals surface area contributed by atoms with E-state index in [1.54, 1.807) is 11.8 Å². The minimum atomic E-state index is 0.636. The number of benzene rings is 2. The van der Waals surface area contributed by atoms with Crippen LogP contribution in [0.2, 0.25) is 10.0 Å². The molecule has 0 aliphatic carbocycles. The topological polar surface area (TPSA) is 12.0 Å². The molecular formula is C17H19Cl2NS. The molecule has 112 valence electrons. The van der Waals surface area contributed by atoms with Crippen molar-refractivity contribution in [3.63, 3.8) is 0 Å². The number of rotatable bonds is 6. The Morgan fingerprint density at radius 3 is 2.33 bits per heavy atom. The zero-order valence-corrected chi connectivity index (χ0v) is 14.5. The van der Waals surface area contributed by atoms with Gasteiger partial charge in [0.05, 0.1) is 0 Å². The van der Waals surface area contributed by atoms with E-state index in [0.717, 1.165) is 23.1 Å². The predicted molar refractivity (Wildman–Crippen MR) is 93.6 cm³/mol. The van der Waals surface area contributed by atoms with Crippen LogP contribution in [0.15, 0.2) is 52.3 Å². The summed E-state index contributed by atoms with van der Waals surface area (Å²) in [5, 5.41) is 5.00. The van der Waals surface area contributed by atoms with Gasteiger partial charge in [-0.1, -0.05) is 48.8 Å². The van der Waals surface area contributed by atoms with Crippen molar-refractivity contribution >= 4 is 35.0 Å². The summed E-state index contributed by atoms with van der Waals surface area (Å²) < 4.78 is 0. The van der Waals surface area contributed by atoms with E-state index in [-0.39, 0.29) is 0 Å². The van der Waals surface area contributed by atoms with Crippen LogP contribution in [0.3, 0.4) is 0 Å². The summed E-state index contributed by atoms with van der Waals surface area (Å²) in [6, 6.07) is 13.9. The van der Waals surface area contributed by atoms with Gasteiger partial charge in [0.2, 0.25) is 0 Å². The first-order valence-corrected chi connectivity index (χ1v) is 8.54. The fourth-order valence-electron chi connectivity index (χ4n) is 1.91. The maximum absolute atomic E-state index is 6.13.